The summed E-state index contributed by atoms with van der Waals surface area (Å²) in [7, 11) is 0. The second-order valence-electron chi connectivity index (χ2n) is 4.56. The van der Waals surface area contributed by atoms with E-state index in [0.717, 1.165) is 10.6 Å². The molecule has 2 amide bonds. The molecule has 0 radical (unpaired) electrons. The third-order valence-corrected chi connectivity index (χ3v) is 4.00. The van der Waals surface area contributed by atoms with E-state index in [1.54, 1.807) is 12.1 Å². The van der Waals surface area contributed by atoms with Crippen LogP contribution in [0.1, 0.15) is 12.6 Å². The SMILES string of the molecule is CCNC(=O)CNC(=O)Cc1csc(-c2ccc(Cl)cc2)n1. The van der Waals surface area contributed by atoms with Gasteiger partial charge in [-0.2, -0.15) is 0 Å². The molecule has 0 aliphatic carbocycles. The number of halogens is 1. The predicted molar refractivity (Wildman–Crippen MR) is 88.0 cm³/mol. The lowest BCUT2D eigenvalue weighted by Crippen LogP contribution is -2.37. The number of nitrogens with zero attached hydrogens (tertiary/aromatic N) is 1. The lowest BCUT2D eigenvalue weighted by molar-refractivity contribution is -0.125. The van der Waals surface area contributed by atoms with Gasteiger partial charge in [-0.1, -0.05) is 23.7 Å². The van der Waals surface area contributed by atoms with Crippen molar-refractivity contribution in [3.05, 3.63) is 40.4 Å². The van der Waals surface area contributed by atoms with Crippen LogP contribution in [-0.4, -0.2) is 29.9 Å². The molecule has 1 heterocycles. The van der Waals surface area contributed by atoms with E-state index < -0.39 is 0 Å². The van der Waals surface area contributed by atoms with E-state index in [2.05, 4.69) is 15.6 Å². The van der Waals surface area contributed by atoms with E-state index in [4.69, 9.17) is 11.6 Å². The highest BCUT2D eigenvalue weighted by Crippen LogP contribution is 2.25. The molecule has 1 aromatic carbocycles. The topological polar surface area (TPSA) is 71.1 Å². The van der Waals surface area contributed by atoms with Crippen molar-refractivity contribution in [1.29, 1.82) is 0 Å². The molecule has 2 rings (SSSR count). The maximum absolute atomic E-state index is 11.8. The summed E-state index contributed by atoms with van der Waals surface area (Å²) in [4.78, 5) is 27.5. The molecule has 22 heavy (non-hydrogen) atoms. The number of carbonyl (C=O) groups excluding carboxylic acids is 2. The van der Waals surface area contributed by atoms with E-state index in [1.165, 1.54) is 11.3 Å². The third kappa shape index (κ3) is 4.82. The number of hydrogen-bond donors (Lipinski definition) is 2. The molecule has 5 nitrogen and oxygen atoms in total. The molecule has 0 atom stereocenters. The minimum Gasteiger partial charge on any atom is -0.355 e. The number of carbonyl (C=O) groups is 2. The standard InChI is InChI=1S/C15H16ClN3O2S/c1-2-17-14(21)8-18-13(20)7-12-9-22-15(19-12)10-3-5-11(16)6-4-10/h3-6,9H,2,7-8H2,1H3,(H,17,21)(H,18,20). The highest BCUT2D eigenvalue weighted by molar-refractivity contribution is 7.13. The van der Waals surface area contributed by atoms with Crippen molar-refractivity contribution in [3.8, 4) is 10.6 Å². The van der Waals surface area contributed by atoms with Gasteiger partial charge < -0.3 is 10.6 Å². The van der Waals surface area contributed by atoms with Gasteiger partial charge in [0, 0.05) is 22.5 Å². The van der Waals surface area contributed by atoms with Crippen LogP contribution in [0.5, 0.6) is 0 Å². The molecule has 7 heteroatoms. The van der Waals surface area contributed by atoms with Crippen LogP contribution in [0, 0.1) is 0 Å². The van der Waals surface area contributed by atoms with Crippen molar-refractivity contribution in [1.82, 2.24) is 15.6 Å². The Labute approximate surface area is 137 Å². The molecular formula is C15H16ClN3O2S. The monoisotopic (exact) mass is 337 g/mol. The Bertz CT molecular complexity index is 655. The zero-order chi connectivity index (χ0) is 15.9. The Kier molecular flexibility index (Phi) is 5.91. The normalized spacial score (nSPS) is 10.3. The molecule has 0 saturated heterocycles. The lowest BCUT2D eigenvalue weighted by Gasteiger charge is -2.04. The second kappa shape index (κ2) is 7.91. The Hall–Kier alpha value is -1.92. The maximum Gasteiger partial charge on any atom is 0.239 e. The van der Waals surface area contributed by atoms with Gasteiger partial charge in [-0.3, -0.25) is 9.59 Å². The Morgan fingerprint density at radius 2 is 1.91 bits per heavy atom. The lowest BCUT2D eigenvalue weighted by atomic mass is 10.2. The smallest absolute Gasteiger partial charge is 0.239 e. The van der Waals surface area contributed by atoms with Crippen LogP contribution in [0.4, 0.5) is 0 Å². The number of amides is 2. The van der Waals surface area contributed by atoms with E-state index in [0.29, 0.717) is 17.3 Å². The predicted octanol–water partition coefficient (Wildman–Crippen LogP) is 2.26. The number of rotatable bonds is 6. The average molecular weight is 338 g/mol. The van der Waals surface area contributed by atoms with Crippen LogP contribution in [0.3, 0.4) is 0 Å². The molecule has 0 spiro atoms. The fourth-order valence-electron chi connectivity index (χ4n) is 1.78. The Balaban J connectivity index is 1.90. The number of benzene rings is 1. The van der Waals surface area contributed by atoms with Gasteiger partial charge in [-0.15, -0.1) is 11.3 Å². The second-order valence-corrected chi connectivity index (χ2v) is 5.85. The summed E-state index contributed by atoms with van der Waals surface area (Å²) in [6.07, 6.45) is 0.156. The number of aromatic nitrogens is 1. The first kappa shape index (κ1) is 16.5. The average Bonchev–Trinajstić information content (AvgIpc) is 2.95. The fraction of sp³-hybridized carbons (Fsp3) is 0.267. The van der Waals surface area contributed by atoms with Crippen LogP contribution >= 0.6 is 22.9 Å². The van der Waals surface area contributed by atoms with Crippen molar-refractivity contribution in [2.45, 2.75) is 13.3 Å². The summed E-state index contributed by atoms with van der Waals surface area (Å²) < 4.78 is 0. The van der Waals surface area contributed by atoms with Crippen molar-refractivity contribution < 1.29 is 9.59 Å². The van der Waals surface area contributed by atoms with Crippen LogP contribution in [0.2, 0.25) is 5.02 Å². The zero-order valence-electron chi connectivity index (χ0n) is 12.1. The van der Waals surface area contributed by atoms with Gasteiger partial charge in [-0.25, -0.2) is 4.98 Å². The molecule has 0 unspecified atom stereocenters. The van der Waals surface area contributed by atoms with Crippen LogP contribution in [-0.2, 0) is 16.0 Å². The maximum atomic E-state index is 11.8. The quantitative estimate of drug-likeness (QED) is 0.849. The van der Waals surface area contributed by atoms with Crippen molar-refractivity contribution in [3.63, 3.8) is 0 Å². The zero-order valence-corrected chi connectivity index (χ0v) is 13.6. The fourth-order valence-corrected chi connectivity index (χ4v) is 2.73. The number of thiazole rings is 1. The molecule has 0 bridgehead atoms. The van der Waals surface area contributed by atoms with Crippen molar-refractivity contribution in [2.75, 3.05) is 13.1 Å². The van der Waals surface area contributed by atoms with Crippen molar-refractivity contribution >= 4 is 34.8 Å². The minimum atomic E-state index is -0.223. The van der Waals surface area contributed by atoms with Crippen LogP contribution in [0.25, 0.3) is 10.6 Å². The summed E-state index contributed by atoms with van der Waals surface area (Å²) in [5.41, 5.74) is 1.65. The van der Waals surface area contributed by atoms with E-state index in [-0.39, 0.29) is 24.8 Å². The third-order valence-electron chi connectivity index (χ3n) is 2.80. The molecule has 0 saturated carbocycles. The summed E-state index contributed by atoms with van der Waals surface area (Å²) in [5, 5.41) is 8.54. The summed E-state index contributed by atoms with van der Waals surface area (Å²) in [6.45, 7) is 2.36. The van der Waals surface area contributed by atoms with Gasteiger partial charge in [0.2, 0.25) is 11.8 Å². The van der Waals surface area contributed by atoms with Crippen LogP contribution < -0.4 is 10.6 Å². The van der Waals surface area contributed by atoms with Gasteiger partial charge >= 0.3 is 0 Å². The van der Waals surface area contributed by atoms with E-state index in [1.807, 2.05) is 24.4 Å². The summed E-state index contributed by atoms with van der Waals surface area (Å²) in [6, 6.07) is 7.38. The Morgan fingerprint density at radius 1 is 1.18 bits per heavy atom. The van der Waals surface area contributed by atoms with Gasteiger partial charge in [0.1, 0.15) is 5.01 Å². The van der Waals surface area contributed by atoms with E-state index in [9.17, 15) is 9.59 Å². The van der Waals surface area contributed by atoms with Crippen LogP contribution in [0.15, 0.2) is 29.6 Å². The molecule has 116 valence electrons. The first-order chi connectivity index (χ1) is 10.6. The first-order valence-corrected chi connectivity index (χ1v) is 8.08. The Morgan fingerprint density at radius 3 is 2.59 bits per heavy atom. The van der Waals surface area contributed by atoms with Crippen molar-refractivity contribution in [2.24, 2.45) is 0 Å². The molecule has 0 fully saturated rings. The summed E-state index contributed by atoms with van der Waals surface area (Å²) in [5.74, 6) is -0.421. The number of hydrogen-bond acceptors (Lipinski definition) is 4. The molecular weight excluding hydrogens is 322 g/mol. The number of nitrogens with one attached hydrogen (secondary N) is 2. The largest absolute Gasteiger partial charge is 0.355 e. The first-order valence-electron chi connectivity index (χ1n) is 6.82. The van der Waals surface area contributed by atoms with E-state index >= 15 is 0 Å². The van der Waals surface area contributed by atoms with Gasteiger partial charge in [-0.05, 0) is 19.1 Å². The molecule has 0 aliphatic rings. The molecule has 1 aromatic heterocycles. The molecule has 2 N–H and O–H groups in total. The highest BCUT2D eigenvalue weighted by atomic mass is 35.5. The number of likely N-dealkylation sites (N-methyl/N-ethyl adjacent to an activating group) is 1. The molecule has 2 aromatic rings. The van der Waals surface area contributed by atoms with Gasteiger partial charge in [0.05, 0.1) is 18.7 Å². The highest BCUT2D eigenvalue weighted by Gasteiger charge is 2.10. The molecule has 0 aliphatic heterocycles. The van der Waals surface area contributed by atoms with Gasteiger partial charge in [0.25, 0.3) is 0 Å². The minimum absolute atomic E-state index is 0.0130. The summed E-state index contributed by atoms with van der Waals surface area (Å²) >= 11 is 7.32. The van der Waals surface area contributed by atoms with Gasteiger partial charge in [0.15, 0.2) is 0 Å².